The molecule has 1 heteroatoms. The molecule has 0 aliphatic heterocycles. The molecule has 0 nitrogen and oxygen atoms in total. The van der Waals surface area contributed by atoms with Crippen LogP contribution in [0.2, 0.25) is 18.1 Å². The first kappa shape index (κ1) is 14.7. The number of hydrogen-bond acceptors (Lipinski definition) is 0. The van der Waals surface area contributed by atoms with Crippen molar-refractivity contribution in [1.29, 1.82) is 0 Å². The third-order valence-corrected chi connectivity index (χ3v) is 11.4. The van der Waals surface area contributed by atoms with Gasteiger partial charge in [-0.05, 0) is 35.6 Å². The van der Waals surface area contributed by atoms with E-state index in [1.165, 1.54) is 22.3 Å². The van der Waals surface area contributed by atoms with Crippen molar-refractivity contribution in [2.45, 2.75) is 38.4 Å². The monoisotopic (exact) mass is 316 g/mol. The van der Waals surface area contributed by atoms with Crippen molar-refractivity contribution in [2.75, 3.05) is 0 Å². The molecule has 0 saturated carbocycles. The van der Waals surface area contributed by atoms with Crippen LogP contribution in [0.3, 0.4) is 0 Å². The highest BCUT2D eigenvalue weighted by atomic mass is 28.3. The molecular formula is C22H24Si. The van der Waals surface area contributed by atoms with Gasteiger partial charge in [0.05, 0.1) is 8.07 Å². The lowest BCUT2D eigenvalue weighted by Gasteiger charge is -2.41. The molecule has 2 aliphatic carbocycles. The summed E-state index contributed by atoms with van der Waals surface area (Å²) in [7, 11) is -1.68. The van der Waals surface area contributed by atoms with E-state index in [4.69, 9.17) is 0 Å². The second-order valence-electron chi connectivity index (χ2n) is 7.70. The summed E-state index contributed by atoms with van der Waals surface area (Å²) in [5.41, 5.74) is 7.49. The van der Waals surface area contributed by atoms with E-state index in [1.54, 1.807) is 10.8 Å². The number of fused-ring (bicyclic) bond motifs is 3. The minimum Gasteiger partial charge on any atom is -0.0769 e. The molecule has 0 fully saturated rings. The van der Waals surface area contributed by atoms with Gasteiger partial charge in [-0.2, -0.15) is 0 Å². The Morgan fingerprint density at radius 2 is 1.70 bits per heavy atom. The smallest absolute Gasteiger partial charge is 0.0769 e. The molecule has 4 rings (SSSR count). The van der Waals surface area contributed by atoms with Crippen LogP contribution in [0.4, 0.5) is 0 Å². The van der Waals surface area contributed by atoms with Gasteiger partial charge in [0.2, 0.25) is 0 Å². The lowest BCUT2D eigenvalue weighted by molar-refractivity contribution is 0.864. The van der Waals surface area contributed by atoms with Gasteiger partial charge in [0, 0.05) is 5.04 Å². The topological polar surface area (TPSA) is 0 Å². The summed E-state index contributed by atoms with van der Waals surface area (Å²) in [6.07, 6.45) is 8.09. The van der Waals surface area contributed by atoms with E-state index in [2.05, 4.69) is 87.6 Å². The van der Waals surface area contributed by atoms with Crippen molar-refractivity contribution < 1.29 is 0 Å². The molecular weight excluding hydrogens is 292 g/mol. The lowest BCUT2D eigenvalue weighted by atomic mass is 10.1. The van der Waals surface area contributed by atoms with Crippen LogP contribution in [0, 0.1) is 0 Å². The summed E-state index contributed by atoms with van der Waals surface area (Å²) in [5, 5.41) is 1.85. The summed E-state index contributed by atoms with van der Waals surface area (Å²) in [4.78, 5) is 0. The first-order valence-corrected chi connectivity index (χ1v) is 11.5. The Labute approximate surface area is 140 Å². The number of allylic oxidation sites excluding steroid dienone is 4. The molecule has 1 unspecified atom stereocenters. The summed E-state index contributed by atoms with van der Waals surface area (Å²) >= 11 is 0. The normalized spacial score (nSPS) is 22.0. The summed E-state index contributed by atoms with van der Waals surface area (Å²) in [6, 6.07) is 15.9. The fourth-order valence-corrected chi connectivity index (χ4v) is 8.05. The van der Waals surface area contributed by atoms with Crippen molar-refractivity contribution in [1.82, 2.24) is 0 Å². The minimum atomic E-state index is -1.68. The third-order valence-electron chi connectivity index (χ3n) is 6.42. The van der Waals surface area contributed by atoms with E-state index in [0.717, 1.165) is 6.42 Å². The van der Waals surface area contributed by atoms with E-state index >= 15 is 0 Å². The molecule has 0 spiro atoms. The van der Waals surface area contributed by atoms with Crippen LogP contribution in [-0.4, -0.2) is 8.07 Å². The Hall–Kier alpha value is -1.86. The van der Waals surface area contributed by atoms with Crippen molar-refractivity contribution in [3.8, 4) is 11.1 Å². The summed E-state index contributed by atoms with van der Waals surface area (Å²) in [6.45, 7) is 9.82. The van der Waals surface area contributed by atoms with Gasteiger partial charge in [-0.25, -0.2) is 0 Å². The molecule has 0 heterocycles. The van der Waals surface area contributed by atoms with Gasteiger partial charge in [0.25, 0.3) is 0 Å². The molecule has 2 aromatic carbocycles. The van der Waals surface area contributed by atoms with Gasteiger partial charge < -0.3 is 0 Å². The summed E-state index contributed by atoms with van der Waals surface area (Å²) in [5.74, 6) is 0. The average Bonchev–Trinajstić information content (AvgIpc) is 3.08. The molecule has 0 saturated heterocycles. The molecule has 116 valence electrons. The van der Waals surface area contributed by atoms with Crippen LogP contribution in [-0.2, 0) is 6.42 Å². The predicted octanol–water partition coefficient (Wildman–Crippen LogP) is 5.45. The standard InChI is InChI=1S/C22H24Si/c1-16-9-8-14-22(16,2)23(3,4)21-13-7-12-19-18-11-6-5-10-17(18)15-20(19)21/h5-14H,15H2,1-4H3. The fourth-order valence-electron chi connectivity index (χ4n) is 4.41. The number of rotatable bonds is 2. The van der Waals surface area contributed by atoms with Crippen molar-refractivity contribution in [3.05, 3.63) is 77.4 Å². The van der Waals surface area contributed by atoms with Crippen LogP contribution >= 0.6 is 0 Å². The van der Waals surface area contributed by atoms with Gasteiger partial charge in [-0.15, -0.1) is 0 Å². The highest BCUT2D eigenvalue weighted by Gasteiger charge is 2.46. The Bertz CT molecular complexity index is 854. The molecule has 1 atom stereocenters. The van der Waals surface area contributed by atoms with E-state index < -0.39 is 8.07 Å². The van der Waals surface area contributed by atoms with Crippen LogP contribution in [0.15, 0.2) is 66.3 Å². The Balaban J connectivity index is 1.90. The van der Waals surface area contributed by atoms with Gasteiger partial charge in [-0.1, -0.05) is 91.5 Å². The second-order valence-corrected chi connectivity index (χ2v) is 12.5. The lowest BCUT2D eigenvalue weighted by Crippen LogP contribution is -2.52. The Morgan fingerprint density at radius 1 is 0.957 bits per heavy atom. The number of benzene rings is 2. The maximum Gasteiger partial charge on any atom is 0.0950 e. The van der Waals surface area contributed by atoms with E-state index in [-0.39, 0.29) is 5.04 Å². The SMILES string of the molecule is CC1=CC=CC1(C)[Si](C)(C)c1cccc2c1Cc1ccccc1-2. The van der Waals surface area contributed by atoms with Gasteiger partial charge in [0.15, 0.2) is 0 Å². The molecule has 2 aliphatic rings. The second kappa shape index (κ2) is 4.81. The van der Waals surface area contributed by atoms with Crippen LogP contribution < -0.4 is 5.19 Å². The molecule has 2 aromatic rings. The zero-order valence-electron chi connectivity index (χ0n) is 14.5. The largest absolute Gasteiger partial charge is 0.0950 e. The molecule has 0 aromatic heterocycles. The molecule has 0 N–H and O–H groups in total. The highest BCUT2D eigenvalue weighted by molar-refractivity contribution is 6.93. The van der Waals surface area contributed by atoms with Gasteiger partial charge in [-0.3, -0.25) is 0 Å². The fraction of sp³-hybridized carbons (Fsp3) is 0.273. The Kier molecular flexibility index (Phi) is 3.08. The maximum atomic E-state index is 2.54. The average molecular weight is 317 g/mol. The molecule has 0 radical (unpaired) electrons. The third kappa shape index (κ3) is 1.89. The summed E-state index contributed by atoms with van der Waals surface area (Å²) < 4.78 is 0. The Morgan fingerprint density at radius 3 is 2.43 bits per heavy atom. The molecule has 0 amide bonds. The van der Waals surface area contributed by atoms with Gasteiger partial charge >= 0.3 is 0 Å². The van der Waals surface area contributed by atoms with Crippen LogP contribution in [0.5, 0.6) is 0 Å². The van der Waals surface area contributed by atoms with Crippen molar-refractivity contribution >= 4 is 13.3 Å². The quantitative estimate of drug-likeness (QED) is 0.551. The van der Waals surface area contributed by atoms with E-state index in [9.17, 15) is 0 Å². The van der Waals surface area contributed by atoms with E-state index in [1.807, 2.05) is 0 Å². The highest BCUT2D eigenvalue weighted by Crippen LogP contribution is 2.49. The van der Waals surface area contributed by atoms with Crippen molar-refractivity contribution in [2.24, 2.45) is 0 Å². The van der Waals surface area contributed by atoms with Crippen LogP contribution in [0.1, 0.15) is 25.0 Å². The van der Waals surface area contributed by atoms with Crippen LogP contribution in [0.25, 0.3) is 11.1 Å². The first-order valence-electron chi connectivity index (χ1n) is 8.52. The minimum absolute atomic E-state index is 0.219. The van der Waals surface area contributed by atoms with Crippen molar-refractivity contribution in [3.63, 3.8) is 0 Å². The molecule has 23 heavy (non-hydrogen) atoms. The zero-order valence-corrected chi connectivity index (χ0v) is 15.5. The first-order chi connectivity index (χ1) is 10.9. The number of hydrogen-bond donors (Lipinski definition) is 0. The predicted molar refractivity (Wildman–Crippen MR) is 103 cm³/mol. The molecule has 0 bridgehead atoms. The maximum absolute atomic E-state index is 2.54. The van der Waals surface area contributed by atoms with Gasteiger partial charge in [0.1, 0.15) is 0 Å². The zero-order chi connectivity index (χ0) is 16.2. The van der Waals surface area contributed by atoms with E-state index in [0.29, 0.717) is 0 Å².